The Balaban J connectivity index is 2.36. The first-order chi connectivity index (χ1) is 3.80. The molecule has 0 unspecified atom stereocenters. The summed E-state index contributed by atoms with van der Waals surface area (Å²) in [5.74, 6) is 1.57. The molecule has 0 aromatic carbocycles. The molecule has 1 N–H and O–H groups in total. The Labute approximate surface area is 50.8 Å². The molecule has 0 amide bonds. The minimum atomic E-state index is 0.773. The maximum Gasteiger partial charge on any atom is 0.0207 e. The van der Waals surface area contributed by atoms with E-state index in [1.54, 1.807) is 0 Å². The van der Waals surface area contributed by atoms with Gasteiger partial charge in [-0.25, -0.2) is 0 Å². The van der Waals surface area contributed by atoms with Gasteiger partial charge in [0.25, 0.3) is 0 Å². The molecule has 0 aromatic rings. The summed E-state index contributed by atoms with van der Waals surface area (Å²) >= 11 is 0. The van der Waals surface area contributed by atoms with Crippen LogP contribution in [0.4, 0.5) is 0 Å². The molecule has 0 saturated heterocycles. The van der Waals surface area contributed by atoms with E-state index in [0.29, 0.717) is 0 Å². The summed E-state index contributed by atoms with van der Waals surface area (Å²) in [5, 5.41) is 3.17. The van der Waals surface area contributed by atoms with E-state index in [-0.39, 0.29) is 0 Å². The van der Waals surface area contributed by atoms with E-state index in [9.17, 15) is 0 Å². The molecule has 1 heteroatoms. The SMILES string of the molecule is CC(C)[C@H]1C=CNC1. The molecule has 1 nitrogen and oxygen atoms in total. The van der Waals surface area contributed by atoms with Crippen LogP contribution in [-0.4, -0.2) is 6.54 Å². The monoisotopic (exact) mass is 111 g/mol. The van der Waals surface area contributed by atoms with Crippen LogP contribution in [0, 0.1) is 11.8 Å². The Kier molecular flexibility index (Phi) is 1.56. The highest BCUT2D eigenvalue weighted by Crippen LogP contribution is 2.13. The van der Waals surface area contributed by atoms with Crippen molar-refractivity contribution in [3.63, 3.8) is 0 Å². The summed E-state index contributed by atoms with van der Waals surface area (Å²) in [5.41, 5.74) is 0. The third-order valence-corrected chi connectivity index (χ3v) is 1.67. The van der Waals surface area contributed by atoms with Crippen LogP contribution in [0.15, 0.2) is 12.3 Å². The van der Waals surface area contributed by atoms with E-state index in [0.717, 1.165) is 18.4 Å². The summed E-state index contributed by atoms with van der Waals surface area (Å²) in [6, 6.07) is 0. The third-order valence-electron chi connectivity index (χ3n) is 1.67. The molecule has 1 aliphatic heterocycles. The predicted octanol–water partition coefficient (Wildman–Crippen LogP) is 1.38. The molecular formula is C7H13N. The second kappa shape index (κ2) is 2.21. The average molecular weight is 111 g/mol. The van der Waals surface area contributed by atoms with Crippen molar-refractivity contribution in [3.05, 3.63) is 12.3 Å². The molecule has 8 heavy (non-hydrogen) atoms. The highest BCUT2D eigenvalue weighted by Gasteiger charge is 2.11. The van der Waals surface area contributed by atoms with Crippen LogP contribution >= 0.6 is 0 Å². The highest BCUT2D eigenvalue weighted by molar-refractivity contribution is 4.96. The molecule has 1 atom stereocenters. The van der Waals surface area contributed by atoms with Crippen LogP contribution in [0.2, 0.25) is 0 Å². The number of hydrogen-bond acceptors (Lipinski definition) is 1. The maximum atomic E-state index is 3.17. The molecule has 46 valence electrons. The van der Waals surface area contributed by atoms with Crippen LogP contribution < -0.4 is 5.32 Å². The molecule has 0 aromatic heterocycles. The first-order valence-corrected chi connectivity index (χ1v) is 3.21. The van der Waals surface area contributed by atoms with Gasteiger partial charge in [0.05, 0.1) is 0 Å². The van der Waals surface area contributed by atoms with Crippen molar-refractivity contribution in [3.8, 4) is 0 Å². The Hall–Kier alpha value is -0.460. The summed E-state index contributed by atoms with van der Waals surface area (Å²) < 4.78 is 0. The molecule has 1 heterocycles. The van der Waals surface area contributed by atoms with Crippen molar-refractivity contribution < 1.29 is 0 Å². The third kappa shape index (κ3) is 1.03. The molecule has 0 spiro atoms. The fourth-order valence-corrected chi connectivity index (χ4v) is 0.922. The number of hydrogen-bond donors (Lipinski definition) is 1. The van der Waals surface area contributed by atoms with Crippen LogP contribution in [0.3, 0.4) is 0 Å². The smallest absolute Gasteiger partial charge is 0.0207 e. The second-order valence-corrected chi connectivity index (χ2v) is 2.68. The average Bonchev–Trinajstić information content (AvgIpc) is 2.12. The zero-order chi connectivity index (χ0) is 5.98. The van der Waals surface area contributed by atoms with E-state index in [1.807, 2.05) is 6.20 Å². The largest absolute Gasteiger partial charge is 0.391 e. The van der Waals surface area contributed by atoms with Gasteiger partial charge in [-0.2, -0.15) is 0 Å². The topological polar surface area (TPSA) is 12.0 Å². The van der Waals surface area contributed by atoms with E-state index in [4.69, 9.17) is 0 Å². The fourth-order valence-electron chi connectivity index (χ4n) is 0.922. The van der Waals surface area contributed by atoms with Crippen molar-refractivity contribution in [1.82, 2.24) is 5.32 Å². The molecule has 0 aliphatic carbocycles. The standard InChI is InChI=1S/C7H13N/c1-6(2)7-3-4-8-5-7/h3-4,6-8H,5H2,1-2H3/t7-/m0/s1. The Bertz CT molecular complexity index is 94.6. The number of rotatable bonds is 1. The van der Waals surface area contributed by atoms with Gasteiger partial charge >= 0.3 is 0 Å². The lowest BCUT2D eigenvalue weighted by Gasteiger charge is -2.09. The fraction of sp³-hybridized carbons (Fsp3) is 0.714. The predicted molar refractivity (Wildman–Crippen MR) is 35.5 cm³/mol. The summed E-state index contributed by atoms with van der Waals surface area (Å²) in [6.07, 6.45) is 4.29. The van der Waals surface area contributed by atoms with Gasteiger partial charge in [-0.05, 0) is 18.0 Å². The zero-order valence-corrected chi connectivity index (χ0v) is 5.52. The van der Waals surface area contributed by atoms with Gasteiger partial charge in [0, 0.05) is 6.54 Å². The summed E-state index contributed by atoms with van der Waals surface area (Å²) in [4.78, 5) is 0. The van der Waals surface area contributed by atoms with Gasteiger partial charge in [0.2, 0.25) is 0 Å². The molecule has 1 rings (SSSR count). The first-order valence-electron chi connectivity index (χ1n) is 3.21. The Morgan fingerprint density at radius 3 is 2.62 bits per heavy atom. The van der Waals surface area contributed by atoms with Gasteiger partial charge in [-0.3, -0.25) is 0 Å². The van der Waals surface area contributed by atoms with Crippen molar-refractivity contribution in [2.75, 3.05) is 6.54 Å². The van der Waals surface area contributed by atoms with E-state index >= 15 is 0 Å². The minimum absolute atomic E-state index is 0.773. The molecule has 0 bridgehead atoms. The lowest BCUT2D eigenvalue weighted by molar-refractivity contribution is 0.476. The van der Waals surface area contributed by atoms with Crippen LogP contribution in [0.25, 0.3) is 0 Å². The Morgan fingerprint density at radius 1 is 1.62 bits per heavy atom. The molecule has 0 fully saturated rings. The van der Waals surface area contributed by atoms with Gasteiger partial charge in [0.15, 0.2) is 0 Å². The van der Waals surface area contributed by atoms with Gasteiger partial charge < -0.3 is 5.32 Å². The van der Waals surface area contributed by atoms with Crippen molar-refractivity contribution in [1.29, 1.82) is 0 Å². The first kappa shape index (κ1) is 5.67. The normalized spacial score (nSPS) is 26.6. The van der Waals surface area contributed by atoms with E-state index < -0.39 is 0 Å². The summed E-state index contributed by atoms with van der Waals surface area (Å²) in [6.45, 7) is 5.64. The van der Waals surface area contributed by atoms with Gasteiger partial charge in [-0.1, -0.05) is 19.9 Å². The molecule has 1 aliphatic rings. The van der Waals surface area contributed by atoms with E-state index in [2.05, 4.69) is 25.2 Å². The molecular weight excluding hydrogens is 98.1 g/mol. The molecule has 0 radical (unpaired) electrons. The quantitative estimate of drug-likeness (QED) is 0.539. The minimum Gasteiger partial charge on any atom is -0.391 e. The van der Waals surface area contributed by atoms with Crippen LogP contribution in [-0.2, 0) is 0 Å². The highest BCUT2D eigenvalue weighted by atomic mass is 14.9. The lowest BCUT2D eigenvalue weighted by Crippen LogP contribution is -2.13. The van der Waals surface area contributed by atoms with Gasteiger partial charge in [0.1, 0.15) is 0 Å². The van der Waals surface area contributed by atoms with Crippen LogP contribution in [0.1, 0.15) is 13.8 Å². The zero-order valence-electron chi connectivity index (χ0n) is 5.52. The van der Waals surface area contributed by atoms with E-state index in [1.165, 1.54) is 0 Å². The van der Waals surface area contributed by atoms with Crippen LogP contribution in [0.5, 0.6) is 0 Å². The van der Waals surface area contributed by atoms with Gasteiger partial charge in [-0.15, -0.1) is 0 Å². The summed E-state index contributed by atoms with van der Waals surface area (Å²) in [7, 11) is 0. The molecule has 0 saturated carbocycles. The van der Waals surface area contributed by atoms with Crippen molar-refractivity contribution in [2.45, 2.75) is 13.8 Å². The Morgan fingerprint density at radius 2 is 2.38 bits per heavy atom. The van der Waals surface area contributed by atoms with Crippen molar-refractivity contribution >= 4 is 0 Å². The number of nitrogens with one attached hydrogen (secondary N) is 1. The van der Waals surface area contributed by atoms with Crippen molar-refractivity contribution in [2.24, 2.45) is 11.8 Å². The maximum absolute atomic E-state index is 3.17. The second-order valence-electron chi connectivity index (χ2n) is 2.68. The lowest BCUT2D eigenvalue weighted by atomic mass is 9.98.